The Hall–Kier alpha value is -1.65. The van der Waals surface area contributed by atoms with Crippen molar-refractivity contribution in [1.82, 2.24) is 0 Å². The van der Waals surface area contributed by atoms with Crippen LogP contribution in [0, 0.1) is 0 Å². The second-order valence-electron chi connectivity index (χ2n) is 5.30. The van der Waals surface area contributed by atoms with E-state index in [1.54, 1.807) is 12.1 Å². The molecule has 3 rings (SSSR count). The van der Waals surface area contributed by atoms with Crippen molar-refractivity contribution in [2.45, 2.75) is 0 Å². The third-order valence-corrected chi connectivity index (χ3v) is 5.23. The van der Waals surface area contributed by atoms with Crippen molar-refractivity contribution >= 4 is 68.7 Å². The van der Waals surface area contributed by atoms with Crippen molar-refractivity contribution in [3.63, 3.8) is 0 Å². The van der Waals surface area contributed by atoms with Crippen molar-refractivity contribution in [3.8, 4) is 16.9 Å². The molecule has 3 aromatic carbocycles. The van der Waals surface area contributed by atoms with E-state index in [1.165, 1.54) is 0 Å². The van der Waals surface area contributed by atoms with Crippen LogP contribution in [0.5, 0.6) is 5.75 Å². The highest BCUT2D eigenvalue weighted by Crippen LogP contribution is 2.48. The fraction of sp³-hybridized carbons (Fsp3) is 0.0556. The maximum Gasteiger partial charge on any atom is 0.124 e. The average Bonchev–Trinajstić information content (AvgIpc) is 2.62. The first kappa shape index (κ1) is 18.2. The van der Waals surface area contributed by atoms with Gasteiger partial charge in [-0.3, -0.25) is 0 Å². The van der Waals surface area contributed by atoms with Gasteiger partial charge in [-0.1, -0.05) is 65.1 Å². The average molecular weight is 414 g/mol. The number of aliphatic imine (C=N–C) groups is 1. The van der Waals surface area contributed by atoms with Crippen LogP contribution in [0.3, 0.4) is 0 Å². The zero-order valence-electron chi connectivity index (χ0n) is 12.7. The Labute approximate surface area is 164 Å². The van der Waals surface area contributed by atoms with Crippen LogP contribution in [0.15, 0.2) is 47.5 Å². The molecule has 0 saturated heterocycles. The molecule has 128 valence electrons. The van der Waals surface area contributed by atoms with Crippen molar-refractivity contribution < 1.29 is 5.11 Å². The Morgan fingerprint density at radius 2 is 1.76 bits per heavy atom. The van der Waals surface area contributed by atoms with Crippen molar-refractivity contribution in [2.75, 3.05) is 5.88 Å². The number of benzene rings is 3. The van der Waals surface area contributed by atoms with Gasteiger partial charge in [-0.05, 0) is 22.9 Å². The molecule has 3 nitrogen and oxygen atoms in total. The number of nitrogens with zero attached hydrogens (tertiary/aromatic N) is 1. The second-order valence-corrected chi connectivity index (χ2v) is 6.73. The molecule has 0 amide bonds. The first-order valence-electron chi connectivity index (χ1n) is 7.21. The van der Waals surface area contributed by atoms with Gasteiger partial charge in [-0.25, -0.2) is 4.99 Å². The van der Waals surface area contributed by atoms with Crippen molar-refractivity contribution in [1.29, 1.82) is 0 Å². The van der Waals surface area contributed by atoms with E-state index in [9.17, 15) is 5.11 Å². The topological polar surface area (TPSA) is 58.6 Å². The van der Waals surface area contributed by atoms with Gasteiger partial charge in [0.25, 0.3) is 0 Å². The summed E-state index contributed by atoms with van der Waals surface area (Å²) < 4.78 is 0. The van der Waals surface area contributed by atoms with E-state index < -0.39 is 0 Å². The number of phenolic OH excluding ortho intramolecular Hbond substituents is 1. The molecule has 0 bridgehead atoms. The summed E-state index contributed by atoms with van der Waals surface area (Å²) in [5, 5.41) is 12.8. The maximum atomic E-state index is 10.5. The van der Waals surface area contributed by atoms with E-state index in [0.29, 0.717) is 16.8 Å². The van der Waals surface area contributed by atoms with Crippen LogP contribution in [0.2, 0.25) is 15.1 Å². The minimum atomic E-state index is 0.0253. The van der Waals surface area contributed by atoms with Gasteiger partial charge in [0.2, 0.25) is 0 Å². The van der Waals surface area contributed by atoms with Crippen molar-refractivity contribution in [2.24, 2.45) is 10.7 Å². The summed E-state index contributed by atoms with van der Waals surface area (Å²) in [6.07, 6.45) is 0. The van der Waals surface area contributed by atoms with Crippen LogP contribution >= 0.6 is 46.4 Å². The van der Waals surface area contributed by atoms with E-state index in [1.807, 2.05) is 30.3 Å². The van der Waals surface area contributed by atoms with Gasteiger partial charge < -0.3 is 10.8 Å². The molecule has 0 aliphatic rings. The van der Waals surface area contributed by atoms with Gasteiger partial charge in [0.05, 0.1) is 26.6 Å². The Morgan fingerprint density at radius 3 is 2.48 bits per heavy atom. The normalized spacial score (nSPS) is 11.9. The zero-order chi connectivity index (χ0) is 18.1. The third kappa shape index (κ3) is 3.38. The molecule has 0 aromatic heterocycles. The van der Waals surface area contributed by atoms with Crippen LogP contribution in [-0.2, 0) is 0 Å². The van der Waals surface area contributed by atoms with Gasteiger partial charge in [-0.15, -0.1) is 11.6 Å². The SMILES string of the molecule is NC(CCl)=Nc1c(-c2c(O)ccc3ccccc23)cc(Cl)c(Cl)c1Cl. The van der Waals surface area contributed by atoms with Gasteiger partial charge in [0.1, 0.15) is 11.6 Å². The largest absolute Gasteiger partial charge is 0.507 e. The molecule has 3 aromatic rings. The number of aromatic hydroxyl groups is 1. The monoisotopic (exact) mass is 412 g/mol. The van der Waals surface area contributed by atoms with Gasteiger partial charge in [0, 0.05) is 11.1 Å². The first-order chi connectivity index (χ1) is 11.9. The van der Waals surface area contributed by atoms with Crippen LogP contribution < -0.4 is 5.73 Å². The van der Waals surface area contributed by atoms with E-state index in [4.69, 9.17) is 52.1 Å². The molecule has 3 N–H and O–H groups in total. The number of fused-ring (bicyclic) bond motifs is 1. The van der Waals surface area contributed by atoms with Gasteiger partial charge in [0.15, 0.2) is 0 Å². The van der Waals surface area contributed by atoms with E-state index >= 15 is 0 Å². The minimum Gasteiger partial charge on any atom is -0.507 e. The number of hydrogen-bond donors (Lipinski definition) is 2. The molecule has 7 heteroatoms. The molecule has 0 saturated carbocycles. The molecule has 0 atom stereocenters. The van der Waals surface area contributed by atoms with E-state index in [0.717, 1.165) is 10.8 Å². The molecule has 0 radical (unpaired) electrons. The molecule has 0 spiro atoms. The molecule has 0 fully saturated rings. The highest BCUT2D eigenvalue weighted by atomic mass is 35.5. The summed E-state index contributed by atoms with van der Waals surface area (Å²) >= 11 is 24.5. The molecule has 0 heterocycles. The first-order valence-corrected chi connectivity index (χ1v) is 8.88. The van der Waals surface area contributed by atoms with Crippen LogP contribution in [0.4, 0.5) is 5.69 Å². The van der Waals surface area contributed by atoms with Crippen molar-refractivity contribution in [3.05, 3.63) is 57.5 Å². The number of alkyl halides is 1. The second kappa shape index (κ2) is 7.30. The van der Waals surface area contributed by atoms with Gasteiger partial charge in [-0.2, -0.15) is 0 Å². The molecule has 0 aliphatic carbocycles. The summed E-state index contributed by atoms with van der Waals surface area (Å²) in [4.78, 5) is 4.28. The third-order valence-electron chi connectivity index (χ3n) is 3.71. The highest BCUT2D eigenvalue weighted by molar-refractivity contribution is 6.49. The number of hydrogen-bond acceptors (Lipinski definition) is 2. The predicted octanol–water partition coefficient (Wildman–Crippen LogP) is 6.40. The smallest absolute Gasteiger partial charge is 0.124 e. The Balaban J connectivity index is 2.44. The Bertz CT molecular complexity index is 1000. The summed E-state index contributed by atoms with van der Waals surface area (Å²) in [5.74, 6) is 0.259. The number of nitrogens with two attached hydrogens (primary N) is 1. The van der Waals surface area contributed by atoms with E-state index in [2.05, 4.69) is 4.99 Å². The molecule has 25 heavy (non-hydrogen) atoms. The van der Waals surface area contributed by atoms with Crippen LogP contribution in [0.25, 0.3) is 21.9 Å². The molecule has 0 aliphatic heterocycles. The Kier molecular flexibility index (Phi) is 5.30. The van der Waals surface area contributed by atoms with Crippen LogP contribution in [0.1, 0.15) is 0 Å². The maximum absolute atomic E-state index is 10.5. The fourth-order valence-corrected chi connectivity index (χ4v) is 3.30. The Morgan fingerprint density at radius 1 is 1.04 bits per heavy atom. The highest BCUT2D eigenvalue weighted by Gasteiger charge is 2.20. The number of rotatable bonds is 3. The summed E-state index contributed by atoms with van der Waals surface area (Å²) in [6.45, 7) is 0. The number of halogens is 4. The predicted molar refractivity (Wildman–Crippen MR) is 108 cm³/mol. The lowest BCUT2D eigenvalue weighted by Gasteiger charge is -2.15. The lowest BCUT2D eigenvalue weighted by Crippen LogP contribution is -2.12. The fourth-order valence-electron chi connectivity index (χ4n) is 2.60. The number of phenols is 1. The summed E-state index contributed by atoms with van der Waals surface area (Å²) in [6, 6.07) is 12.6. The molecule has 0 unspecified atom stereocenters. The lowest BCUT2D eigenvalue weighted by atomic mass is 9.96. The summed E-state index contributed by atoms with van der Waals surface area (Å²) in [7, 11) is 0. The van der Waals surface area contributed by atoms with Gasteiger partial charge >= 0.3 is 0 Å². The lowest BCUT2D eigenvalue weighted by molar-refractivity contribution is 0.478. The zero-order valence-corrected chi connectivity index (χ0v) is 15.8. The van der Waals surface area contributed by atoms with Crippen LogP contribution in [-0.4, -0.2) is 16.8 Å². The summed E-state index contributed by atoms with van der Waals surface area (Å²) in [5.41, 5.74) is 7.14. The molecular formula is C18H12Cl4N2O. The standard InChI is InChI=1S/C18H12Cl4N2O/c19-8-14(23)24-18-11(7-12(20)16(21)17(18)22)15-10-4-2-1-3-9(10)5-6-13(15)25/h1-7,25H,8H2,(H2,23,24). The quantitative estimate of drug-likeness (QED) is 0.226. The van der Waals surface area contributed by atoms with E-state index in [-0.39, 0.29) is 32.5 Å². The number of amidine groups is 1. The molecular weight excluding hydrogens is 402 g/mol. The minimum absolute atomic E-state index is 0.0253.